The molecule has 0 aromatic carbocycles. The number of Topliss-reactive ketones (excluding diaryl/α,β-unsaturated/α-hetero) is 1. The summed E-state index contributed by atoms with van der Waals surface area (Å²) in [5.41, 5.74) is 0. The monoisotopic (exact) mass is 240 g/mol. The number of hydrogen-bond acceptors (Lipinski definition) is 6. The Hall–Kier alpha value is -0.240. The van der Waals surface area contributed by atoms with Crippen molar-refractivity contribution < 1.29 is 30.0 Å². The van der Waals surface area contributed by atoms with Gasteiger partial charge in [0.2, 0.25) is 5.06 Å². The van der Waals surface area contributed by atoms with Gasteiger partial charge in [-0.2, -0.15) is 0 Å². The molecule has 0 saturated carbocycles. The normalized spacial score (nSPS) is 46.5. The lowest BCUT2D eigenvalue weighted by Gasteiger charge is -2.43. The molecule has 1 fully saturated rings. The second-order valence-corrected chi connectivity index (χ2v) is 4.03. The number of ether oxygens (including phenoxy) is 1. The van der Waals surface area contributed by atoms with E-state index in [-0.39, 0.29) is 0 Å². The van der Waals surface area contributed by atoms with Gasteiger partial charge < -0.3 is 25.2 Å². The van der Waals surface area contributed by atoms with E-state index < -0.39 is 41.9 Å². The highest BCUT2D eigenvalue weighted by molar-refractivity contribution is 6.34. The summed E-state index contributed by atoms with van der Waals surface area (Å²) in [6.07, 6.45) is -6.08. The SMILES string of the molecule is CC(=O)C1(Cl)O[C@H](CO)[C@@H](O)[C@H](O)[C@H]1O. The van der Waals surface area contributed by atoms with Crippen molar-refractivity contribution in [1.29, 1.82) is 0 Å². The topological polar surface area (TPSA) is 107 Å². The molecule has 5 atom stereocenters. The van der Waals surface area contributed by atoms with Crippen molar-refractivity contribution >= 4 is 17.4 Å². The van der Waals surface area contributed by atoms with Crippen LogP contribution in [0.15, 0.2) is 0 Å². The van der Waals surface area contributed by atoms with Gasteiger partial charge in [0.15, 0.2) is 5.78 Å². The Morgan fingerprint density at radius 3 is 2.33 bits per heavy atom. The summed E-state index contributed by atoms with van der Waals surface area (Å²) in [4.78, 5) is 11.2. The number of carbonyl (C=O) groups excluding carboxylic acids is 1. The molecule has 4 N–H and O–H groups in total. The zero-order chi connectivity index (χ0) is 11.8. The van der Waals surface area contributed by atoms with Crippen LogP contribution in [-0.2, 0) is 9.53 Å². The van der Waals surface area contributed by atoms with Gasteiger partial charge in [0.05, 0.1) is 6.61 Å². The predicted molar refractivity (Wildman–Crippen MR) is 49.2 cm³/mol. The zero-order valence-corrected chi connectivity index (χ0v) is 8.76. The van der Waals surface area contributed by atoms with Crippen LogP contribution in [0.5, 0.6) is 0 Å². The van der Waals surface area contributed by atoms with E-state index in [0.717, 1.165) is 6.92 Å². The van der Waals surface area contributed by atoms with E-state index in [9.17, 15) is 20.1 Å². The molecule has 0 amide bonds. The molecular weight excluding hydrogens is 228 g/mol. The van der Waals surface area contributed by atoms with E-state index in [1.54, 1.807) is 0 Å². The molecule has 0 radical (unpaired) electrons. The Balaban J connectivity index is 2.97. The fourth-order valence-electron chi connectivity index (χ4n) is 1.42. The molecule has 1 aliphatic heterocycles. The number of halogens is 1. The van der Waals surface area contributed by atoms with Gasteiger partial charge >= 0.3 is 0 Å². The van der Waals surface area contributed by atoms with Crippen molar-refractivity contribution in [2.75, 3.05) is 6.61 Å². The Morgan fingerprint density at radius 2 is 1.93 bits per heavy atom. The summed E-state index contributed by atoms with van der Waals surface area (Å²) >= 11 is 5.69. The van der Waals surface area contributed by atoms with Crippen LogP contribution in [0.3, 0.4) is 0 Å². The molecule has 0 bridgehead atoms. The Labute approximate surface area is 91.0 Å². The summed E-state index contributed by atoms with van der Waals surface area (Å²) in [6.45, 7) is 0.460. The minimum absolute atomic E-state index is 0.618. The Morgan fingerprint density at radius 1 is 1.40 bits per heavy atom. The number of rotatable bonds is 2. The van der Waals surface area contributed by atoms with Gasteiger partial charge in [-0.3, -0.25) is 4.79 Å². The van der Waals surface area contributed by atoms with Crippen LogP contribution < -0.4 is 0 Å². The number of aliphatic hydroxyl groups excluding tert-OH is 4. The minimum atomic E-state index is -2.12. The largest absolute Gasteiger partial charge is 0.394 e. The highest BCUT2D eigenvalue weighted by atomic mass is 35.5. The number of alkyl halides is 1. The lowest BCUT2D eigenvalue weighted by molar-refractivity contribution is -0.239. The van der Waals surface area contributed by atoms with E-state index >= 15 is 0 Å². The van der Waals surface area contributed by atoms with Gasteiger partial charge in [-0.25, -0.2) is 0 Å². The van der Waals surface area contributed by atoms with Crippen molar-refractivity contribution in [3.05, 3.63) is 0 Å². The molecule has 0 aromatic heterocycles. The van der Waals surface area contributed by atoms with Crippen LogP contribution in [0.2, 0.25) is 0 Å². The first-order valence-electron chi connectivity index (χ1n) is 4.37. The smallest absolute Gasteiger partial charge is 0.229 e. The maximum absolute atomic E-state index is 11.2. The molecule has 1 unspecified atom stereocenters. The molecule has 1 saturated heterocycles. The average Bonchev–Trinajstić information content (AvgIpc) is 2.20. The van der Waals surface area contributed by atoms with Crippen LogP contribution in [0, 0.1) is 0 Å². The summed E-state index contributed by atoms with van der Waals surface area (Å²) in [5.74, 6) is -0.707. The molecule has 6 nitrogen and oxygen atoms in total. The number of ketones is 1. The average molecular weight is 241 g/mol. The van der Waals surface area contributed by atoms with Gasteiger partial charge in [-0.1, -0.05) is 11.6 Å². The van der Waals surface area contributed by atoms with Gasteiger partial charge in [0, 0.05) is 0 Å². The molecule has 88 valence electrons. The van der Waals surface area contributed by atoms with E-state index in [1.807, 2.05) is 0 Å². The lowest BCUT2D eigenvalue weighted by Crippen LogP contribution is -2.65. The quantitative estimate of drug-likeness (QED) is 0.415. The van der Waals surface area contributed by atoms with E-state index in [2.05, 4.69) is 0 Å². The van der Waals surface area contributed by atoms with Crippen LogP contribution in [0.4, 0.5) is 0 Å². The third kappa shape index (κ3) is 2.01. The highest BCUT2D eigenvalue weighted by Gasteiger charge is 2.55. The molecule has 1 aliphatic rings. The molecule has 1 heterocycles. The third-order valence-corrected chi connectivity index (χ3v) is 3.00. The summed E-state index contributed by atoms with van der Waals surface area (Å²) in [7, 11) is 0. The molecule has 0 aromatic rings. The summed E-state index contributed by atoms with van der Waals surface area (Å²) < 4.78 is 4.89. The highest BCUT2D eigenvalue weighted by Crippen LogP contribution is 2.34. The molecular formula is C8H13ClO6. The second kappa shape index (κ2) is 4.32. The van der Waals surface area contributed by atoms with E-state index in [4.69, 9.17) is 21.4 Å². The zero-order valence-electron chi connectivity index (χ0n) is 8.00. The van der Waals surface area contributed by atoms with Gasteiger partial charge in [0.1, 0.15) is 24.4 Å². The second-order valence-electron chi connectivity index (χ2n) is 3.47. The Bertz CT molecular complexity index is 258. The number of aliphatic hydroxyl groups is 4. The van der Waals surface area contributed by atoms with Crippen molar-refractivity contribution in [3.8, 4) is 0 Å². The van der Waals surface area contributed by atoms with Crippen LogP contribution >= 0.6 is 11.6 Å². The van der Waals surface area contributed by atoms with Crippen molar-refractivity contribution in [3.63, 3.8) is 0 Å². The Kier molecular flexibility index (Phi) is 3.70. The van der Waals surface area contributed by atoms with E-state index in [0.29, 0.717) is 0 Å². The number of carbonyl (C=O) groups is 1. The maximum atomic E-state index is 11.2. The first-order chi connectivity index (χ1) is 6.84. The fourth-order valence-corrected chi connectivity index (χ4v) is 1.67. The summed E-state index contributed by atoms with van der Waals surface area (Å²) in [5, 5.41) is 35.0. The van der Waals surface area contributed by atoms with Crippen molar-refractivity contribution in [1.82, 2.24) is 0 Å². The van der Waals surface area contributed by atoms with Gasteiger partial charge in [-0.15, -0.1) is 0 Å². The standard InChI is InChI=1S/C8H13ClO6/c1-3(11)8(9)7(14)6(13)5(12)4(2-10)15-8/h4-7,10,12-14H,2H2,1H3/t4-,5-,6+,7-,8?/m1/s1. The van der Waals surface area contributed by atoms with Crippen LogP contribution in [0.25, 0.3) is 0 Å². The molecule has 15 heavy (non-hydrogen) atoms. The summed E-state index contributed by atoms with van der Waals surface area (Å²) in [6, 6.07) is 0. The first-order valence-corrected chi connectivity index (χ1v) is 4.75. The third-order valence-electron chi connectivity index (χ3n) is 2.42. The molecule has 0 aliphatic carbocycles. The lowest BCUT2D eigenvalue weighted by atomic mass is 9.93. The molecule has 1 rings (SSSR count). The van der Waals surface area contributed by atoms with E-state index in [1.165, 1.54) is 0 Å². The molecule has 7 heteroatoms. The van der Waals surface area contributed by atoms with Crippen molar-refractivity contribution in [2.24, 2.45) is 0 Å². The first kappa shape index (κ1) is 12.8. The van der Waals surface area contributed by atoms with Crippen LogP contribution in [-0.4, -0.2) is 62.3 Å². The predicted octanol–water partition coefficient (Wildman–Crippen LogP) is -2.02. The molecule has 0 spiro atoms. The fraction of sp³-hybridized carbons (Fsp3) is 0.875. The van der Waals surface area contributed by atoms with Crippen molar-refractivity contribution in [2.45, 2.75) is 36.4 Å². The van der Waals surface area contributed by atoms with Gasteiger partial charge in [-0.05, 0) is 6.92 Å². The van der Waals surface area contributed by atoms with Crippen LogP contribution in [0.1, 0.15) is 6.92 Å². The number of hydrogen-bond donors (Lipinski definition) is 4. The minimum Gasteiger partial charge on any atom is -0.394 e. The van der Waals surface area contributed by atoms with Gasteiger partial charge in [0.25, 0.3) is 0 Å². The maximum Gasteiger partial charge on any atom is 0.229 e.